The van der Waals surface area contributed by atoms with E-state index in [4.69, 9.17) is 18.6 Å². The van der Waals surface area contributed by atoms with Gasteiger partial charge in [0.1, 0.15) is 12.2 Å². The molecule has 1 spiro atoms. The highest BCUT2D eigenvalue weighted by molar-refractivity contribution is 6.70. The van der Waals surface area contributed by atoms with Crippen molar-refractivity contribution in [2.24, 2.45) is 0 Å². The van der Waals surface area contributed by atoms with Gasteiger partial charge in [-0.15, -0.1) is 0 Å². The maximum Gasteiger partial charge on any atom is 0.337 e. The number of fused-ring (bicyclic) bond motifs is 4. The lowest BCUT2D eigenvalue weighted by Gasteiger charge is -2.37. The number of esters is 1. The molecule has 6 heteroatoms. The molecule has 2 aliphatic heterocycles. The molecule has 2 bridgehead atoms. The Kier molecular flexibility index (Phi) is 3.29. The molecule has 0 aromatic carbocycles. The van der Waals surface area contributed by atoms with Gasteiger partial charge in [-0.05, 0) is 32.5 Å². The lowest BCUT2D eigenvalue weighted by Crippen LogP contribution is -2.52. The summed E-state index contributed by atoms with van der Waals surface area (Å²) >= 11 is 0. The number of hydrogen-bond acceptors (Lipinski definition) is 5. The molecule has 22 heavy (non-hydrogen) atoms. The molecule has 4 rings (SSSR count). The van der Waals surface area contributed by atoms with Crippen molar-refractivity contribution in [1.82, 2.24) is 0 Å². The molecule has 4 aliphatic rings. The fraction of sp³-hybridized carbons (Fsp3) is 0.938. The first kappa shape index (κ1) is 15.1. The van der Waals surface area contributed by atoms with Crippen molar-refractivity contribution in [3.05, 3.63) is 0 Å². The van der Waals surface area contributed by atoms with Crippen LogP contribution in [0, 0.1) is 0 Å². The van der Waals surface area contributed by atoms with Gasteiger partial charge >= 0.3 is 5.97 Å². The predicted molar refractivity (Wildman–Crippen MR) is 81.8 cm³/mol. The normalized spacial score (nSPS) is 43.2. The van der Waals surface area contributed by atoms with E-state index in [2.05, 4.69) is 19.6 Å². The zero-order chi connectivity index (χ0) is 15.6. The molecule has 1 unspecified atom stereocenters. The predicted octanol–water partition coefficient (Wildman–Crippen LogP) is 2.74. The van der Waals surface area contributed by atoms with Crippen LogP contribution < -0.4 is 0 Å². The highest BCUT2D eigenvalue weighted by atomic mass is 28.4. The molecule has 0 radical (unpaired) electrons. The van der Waals surface area contributed by atoms with E-state index in [1.165, 1.54) is 6.42 Å². The first-order chi connectivity index (χ1) is 10.3. The third kappa shape index (κ3) is 2.35. The second-order valence-electron chi connectivity index (χ2n) is 8.27. The van der Waals surface area contributed by atoms with E-state index in [-0.39, 0.29) is 24.3 Å². The molecule has 0 amide bonds. The van der Waals surface area contributed by atoms with Gasteiger partial charge in [-0.25, -0.2) is 4.79 Å². The van der Waals surface area contributed by atoms with Crippen LogP contribution in [0.5, 0.6) is 0 Å². The molecule has 0 aromatic heterocycles. The molecule has 2 heterocycles. The van der Waals surface area contributed by atoms with Crippen LogP contribution in [0.4, 0.5) is 0 Å². The van der Waals surface area contributed by atoms with Crippen LogP contribution in [-0.2, 0) is 23.4 Å². The van der Waals surface area contributed by atoms with Gasteiger partial charge in [0.25, 0.3) is 0 Å². The zero-order valence-electron chi connectivity index (χ0n) is 13.7. The Balaban J connectivity index is 1.57. The minimum Gasteiger partial charge on any atom is -0.457 e. The zero-order valence-corrected chi connectivity index (χ0v) is 14.7. The molecule has 0 aromatic rings. The van der Waals surface area contributed by atoms with Crippen LogP contribution in [0.15, 0.2) is 0 Å². The maximum atomic E-state index is 12.4. The fourth-order valence-corrected chi connectivity index (χ4v) is 6.00. The van der Waals surface area contributed by atoms with E-state index in [0.29, 0.717) is 12.8 Å². The summed E-state index contributed by atoms with van der Waals surface area (Å²) in [6.07, 6.45) is 6.30. The monoisotopic (exact) mass is 326 g/mol. The highest BCUT2D eigenvalue weighted by Crippen LogP contribution is 2.51. The average Bonchev–Trinajstić information content (AvgIpc) is 2.87. The molecular weight excluding hydrogens is 300 g/mol. The Hall–Kier alpha value is -0.433. The number of ether oxygens (including phenoxy) is 3. The topological polar surface area (TPSA) is 54.0 Å². The van der Waals surface area contributed by atoms with E-state index in [1.807, 2.05) is 0 Å². The molecule has 124 valence electrons. The molecular formula is C16H26O5Si. The lowest BCUT2D eigenvalue weighted by atomic mass is 9.82. The lowest BCUT2D eigenvalue weighted by molar-refractivity contribution is -0.203. The number of carbonyl (C=O) groups excluding carboxylic acids is 1. The van der Waals surface area contributed by atoms with Crippen LogP contribution >= 0.6 is 0 Å². The standard InChI is InChI=1S/C16H26O5Si/c1-22(2,3)21-15-9-11(18-14(15)17)13-12(10-15)19-16(20-13)7-5-4-6-8-16/h11-13H,4-10H2,1-3H3/t11-,12-,13?,15-/m1/s1. The number of hydrogen-bond donors (Lipinski definition) is 0. The van der Waals surface area contributed by atoms with Crippen LogP contribution in [-0.4, -0.2) is 44.0 Å². The van der Waals surface area contributed by atoms with Gasteiger partial charge in [0.2, 0.25) is 0 Å². The van der Waals surface area contributed by atoms with Crippen molar-refractivity contribution in [3.63, 3.8) is 0 Å². The van der Waals surface area contributed by atoms with Crippen molar-refractivity contribution < 1.29 is 23.4 Å². The minimum absolute atomic E-state index is 0.0698. The van der Waals surface area contributed by atoms with Gasteiger partial charge in [-0.2, -0.15) is 0 Å². The summed E-state index contributed by atoms with van der Waals surface area (Å²) in [7, 11) is -1.84. The first-order valence-corrected chi connectivity index (χ1v) is 12.0. The largest absolute Gasteiger partial charge is 0.457 e. The Bertz CT molecular complexity index is 481. The van der Waals surface area contributed by atoms with Crippen molar-refractivity contribution in [2.45, 2.75) is 94.3 Å². The van der Waals surface area contributed by atoms with Crippen molar-refractivity contribution in [2.75, 3.05) is 0 Å². The smallest absolute Gasteiger partial charge is 0.337 e. The Morgan fingerprint density at radius 2 is 1.73 bits per heavy atom. The van der Waals surface area contributed by atoms with Crippen LogP contribution in [0.3, 0.4) is 0 Å². The molecule has 0 N–H and O–H groups in total. The first-order valence-electron chi connectivity index (χ1n) is 8.58. The Labute approximate surface area is 132 Å². The summed E-state index contributed by atoms with van der Waals surface area (Å²) in [6.45, 7) is 6.34. The van der Waals surface area contributed by atoms with Crippen LogP contribution in [0.2, 0.25) is 19.6 Å². The van der Waals surface area contributed by atoms with E-state index in [1.54, 1.807) is 0 Å². The van der Waals surface area contributed by atoms with Gasteiger partial charge in [0.05, 0.1) is 6.10 Å². The molecule has 5 nitrogen and oxygen atoms in total. The number of carbonyl (C=O) groups is 1. The van der Waals surface area contributed by atoms with E-state index >= 15 is 0 Å². The molecule has 2 saturated carbocycles. The van der Waals surface area contributed by atoms with Crippen molar-refractivity contribution >= 4 is 14.3 Å². The maximum absolute atomic E-state index is 12.4. The average molecular weight is 326 g/mol. The SMILES string of the molecule is C[Si](C)(C)O[C@@]12C[C@@H](OC1=O)C1OC3(CCCCC3)O[C@@H]1C2. The Morgan fingerprint density at radius 3 is 2.41 bits per heavy atom. The van der Waals surface area contributed by atoms with Crippen molar-refractivity contribution in [3.8, 4) is 0 Å². The number of rotatable bonds is 2. The van der Waals surface area contributed by atoms with Crippen LogP contribution in [0.25, 0.3) is 0 Å². The van der Waals surface area contributed by atoms with Gasteiger partial charge in [0, 0.05) is 25.7 Å². The fourth-order valence-electron chi connectivity index (χ4n) is 4.57. The van der Waals surface area contributed by atoms with Crippen LogP contribution in [0.1, 0.15) is 44.9 Å². The van der Waals surface area contributed by atoms with E-state index in [9.17, 15) is 4.79 Å². The van der Waals surface area contributed by atoms with Gasteiger partial charge < -0.3 is 18.6 Å². The van der Waals surface area contributed by atoms with E-state index < -0.39 is 19.7 Å². The van der Waals surface area contributed by atoms with Crippen molar-refractivity contribution in [1.29, 1.82) is 0 Å². The molecule has 2 saturated heterocycles. The molecule has 4 fully saturated rings. The highest BCUT2D eigenvalue weighted by Gasteiger charge is 2.65. The van der Waals surface area contributed by atoms with Gasteiger partial charge in [-0.1, -0.05) is 6.42 Å². The second-order valence-corrected chi connectivity index (χ2v) is 12.7. The minimum atomic E-state index is -1.84. The summed E-state index contributed by atoms with van der Waals surface area (Å²) in [5.41, 5.74) is -0.792. The molecule has 2 aliphatic carbocycles. The molecule has 4 atom stereocenters. The second kappa shape index (κ2) is 4.78. The Morgan fingerprint density at radius 1 is 1.05 bits per heavy atom. The van der Waals surface area contributed by atoms with E-state index in [0.717, 1.165) is 25.7 Å². The third-order valence-electron chi connectivity index (χ3n) is 5.26. The summed E-state index contributed by atoms with van der Waals surface area (Å²) in [6, 6.07) is 0. The third-order valence-corrected chi connectivity index (χ3v) is 6.26. The summed E-state index contributed by atoms with van der Waals surface area (Å²) < 4.78 is 24.6. The quantitative estimate of drug-likeness (QED) is 0.577. The summed E-state index contributed by atoms with van der Waals surface area (Å²) in [5, 5.41) is 0. The summed E-state index contributed by atoms with van der Waals surface area (Å²) in [5.74, 6) is -0.635. The summed E-state index contributed by atoms with van der Waals surface area (Å²) in [4.78, 5) is 12.4. The van der Waals surface area contributed by atoms with Gasteiger partial charge in [0.15, 0.2) is 19.7 Å². The van der Waals surface area contributed by atoms with Gasteiger partial charge in [-0.3, -0.25) is 0 Å².